The van der Waals surface area contributed by atoms with E-state index in [4.69, 9.17) is 10.5 Å². The zero-order valence-electron chi connectivity index (χ0n) is 11.3. The van der Waals surface area contributed by atoms with Crippen molar-refractivity contribution in [2.24, 2.45) is 11.1 Å². The van der Waals surface area contributed by atoms with Crippen LogP contribution in [0.4, 0.5) is 0 Å². The Hall–Kier alpha value is -0.120. The Morgan fingerprint density at radius 3 is 2.65 bits per heavy atom. The van der Waals surface area contributed by atoms with Crippen molar-refractivity contribution < 1.29 is 4.74 Å². The summed E-state index contributed by atoms with van der Waals surface area (Å²) < 4.78 is 5.78. The van der Waals surface area contributed by atoms with Gasteiger partial charge in [-0.25, -0.2) is 0 Å². The van der Waals surface area contributed by atoms with Crippen LogP contribution < -0.4 is 5.73 Å². The molecule has 0 aromatic rings. The minimum absolute atomic E-state index is 0.476. The van der Waals surface area contributed by atoms with Crippen LogP contribution >= 0.6 is 0 Å². The first-order chi connectivity index (χ1) is 8.24. The van der Waals surface area contributed by atoms with Crippen LogP contribution in [-0.4, -0.2) is 44.3 Å². The van der Waals surface area contributed by atoms with Crippen molar-refractivity contribution >= 4 is 0 Å². The van der Waals surface area contributed by atoms with Crippen molar-refractivity contribution in [3.05, 3.63) is 0 Å². The predicted molar refractivity (Wildman–Crippen MR) is 71.0 cm³/mol. The maximum absolute atomic E-state index is 5.90. The molecule has 0 aromatic carbocycles. The van der Waals surface area contributed by atoms with E-state index in [1.54, 1.807) is 0 Å². The van der Waals surface area contributed by atoms with Crippen molar-refractivity contribution in [2.75, 3.05) is 33.3 Å². The number of rotatable bonds is 6. The molecule has 0 spiro atoms. The van der Waals surface area contributed by atoms with Crippen molar-refractivity contribution in [1.29, 1.82) is 0 Å². The van der Waals surface area contributed by atoms with Gasteiger partial charge in [-0.15, -0.1) is 0 Å². The average Bonchev–Trinajstić information content (AvgIpc) is 2.29. The topological polar surface area (TPSA) is 38.5 Å². The summed E-state index contributed by atoms with van der Waals surface area (Å²) in [5.41, 5.74) is 6.38. The van der Waals surface area contributed by atoms with Crippen LogP contribution in [0.2, 0.25) is 0 Å². The van der Waals surface area contributed by atoms with Gasteiger partial charge in [-0.1, -0.05) is 6.42 Å². The summed E-state index contributed by atoms with van der Waals surface area (Å²) in [5, 5.41) is 0. The van der Waals surface area contributed by atoms with Crippen LogP contribution in [0.25, 0.3) is 0 Å². The summed E-state index contributed by atoms with van der Waals surface area (Å²) in [6.45, 7) is 4.11. The first-order valence-corrected chi connectivity index (χ1v) is 7.24. The average molecular weight is 240 g/mol. The second-order valence-electron chi connectivity index (χ2n) is 6.06. The molecule has 2 aliphatic rings. The molecule has 1 heterocycles. The van der Waals surface area contributed by atoms with Crippen molar-refractivity contribution in [3.63, 3.8) is 0 Å². The van der Waals surface area contributed by atoms with E-state index in [1.807, 2.05) is 0 Å². The summed E-state index contributed by atoms with van der Waals surface area (Å²) in [7, 11) is 2.22. The van der Waals surface area contributed by atoms with Crippen LogP contribution in [0.3, 0.4) is 0 Å². The van der Waals surface area contributed by atoms with E-state index in [0.717, 1.165) is 19.7 Å². The molecule has 1 saturated carbocycles. The minimum Gasteiger partial charge on any atom is -0.377 e. The SMILES string of the molecule is CN(CCC1(CN)CCC1)CC1CCCCO1. The Balaban J connectivity index is 1.64. The van der Waals surface area contributed by atoms with Crippen LogP contribution in [0.15, 0.2) is 0 Å². The molecule has 3 heteroatoms. The number of likely N-dealkylation sites (N-methyl/N-ethyl adjacent to an activating group) is 1. The number of hydrogen-bond acceptors (Lipinski definition) is 3. The fourth-order valence-corrected chi connectivity index (χ4v) is 3.05. The van der Waals surface area contributed by atoms with Gasteiger partial charge in [-0.3, -0.25) is 0 Å². The fourth-order valence-electron chi connectivity index (χ4n) is 3.05. The molecule has 1 unspecified atom stereocenters. The molecule has 17 heavy (non-hydrogen) atoms. The van der Waals surface area contributed by atoms with Gasteiger partial charge >= 0.3 is 0 Å². The van der Waals surface area contributed by atoms with Gasteiger partial charge in [0, 0.05) is 13.2 Å². The van der Waals surface area contributed by atoms with Crippen molar-refractivity contribution in [3.8, 4) is 0 Å². The van der Waals surface area contributed by atoms with E-state index in [2.05, 4.69) is 11.9 Å². The molecule has 0 bridgehead atoms. The fraction of sp³-hybridized carbons (Fsp3) is 1.00. The molecule has 0 aromatic heterocycles. The molecule has 3 nitrogen and oxygen atoms in total. The van der Waals surface area contributed by atoms with Crippen LogP contribution in [-0.2, 0) is 4.74 Å². The molecule has 2 rings (SSSR count). The Kier molecular flexibility index (Phi) is 4.83. The molecule has 100 valence electrons. The van der Waals surface area contributed by atoms with Gasteiger partial charge in [0.05, 0.1) is 6.10 Å². The van der Waals surface area contributed by atoms with Gasteiger partial charge in [-0.2, -0.15) is 0 Å². The zero-order valence-corrected chi connectivity index (χ0v) is 11.3. The third-order valence-electron chi connectivity index (χ3n) is 4.66. The van der Waals surface area contributed by atoms with Crippen LogP contribution in [0.5, 0.6) is 0 Å². The molecule has 1 saturated heterocycles. The van der Waals surface area contributed by atoms with Gasteiger partial charge in [-0.05, 0) is 64.1 Å². The molecule has 1 aliphatic carbocycles. The second kappa shape index (κ2) is 6.17. The molecule has 1 atom stereocenters. The van der Waals surface area contributed by atoms with Gasteiger partial charge in [0.2, 0.25) is 0 Å². The Labute approximate surface area is 106 Å². The molecule has 2 fully saturated rings. The second-order valence-corrected chi connectivity index (χ2v) is 6.06. The summed E-state index contributed by atoms with van der Waals surface area (Å²) in [4.78, 5) is 2.44. The van der Waals surface area contributed by atoms with Crippen molar-refractivity contribution in [1.82, 2.24) is 4.90 Å². The summed E-state index contributed by atoms with van der Waals surface area (Å²) >= 11 is 0. The Morgan fingerprint density at radius 2 is 2.12 bits per heavy atom. The van der Waals surface area contributed by atoms with Gasteiger partial charge < -0.3 is 15.4 Å². The lowest BCUT2D eigenvalue weighted by atomic mass is 9.66. The number of ether oxygens (including phenoxy) is 1. The standard InChI is InChI=1S/C14H28N2O/c1-16(11-13-5-2-3-10-17-13)9-8-14(12-15)6-4-7-14/h13H,2-12,15H2,1H3. The van der Waals surface area contributed by atoms with E-state index < -0.39 is 0 Å². The molecular weight excluding hydrogens is 212 g/mol. The van der Waals surface area contributed by atoms with Gasteiger partial charge in [0.25, 0.3) is 0 Å². The van der Waals surface area contributed by atoms with Gasteiger partial charge in [0.15, 0.2) is 0 Å². The van der Waals surface area contributed by atoms with E-state index in [-0.39, 0.29) is 0 Å². The molecule has 1 aliphatic heterocycles. The highest BCUT2D eigenvalue weighted by molar-refractivity contribution is 4.89. The van der Waals surface area contributed by atoms with Crippen LogP contribution in [0, 0.1) is 5.41 Å². The highest BCUT2D eigenvalue weighted by atomic mass is 16.5. The lowest BCUT2D eigenvalue weighted by molar-refractivity contribution is -0.00487. The van der Waals surface area contributed by atoms with E-state index in [0.29, 0.717) is 11.5 Å². The third-order valence-corrected chi connectivity index (χ3v) is 4.66. The van der Waals surface area contributed by atoms with E-state index in [1.165, 1.54) is 51.5 Å². The predicted octanol–water partition coefficient (Wildman–Crippen LogP) is 2.01. The normalized spacial score (nSPS) is 28.1. The minimum atomic E-state index is 0.476. The molecule has 0 amide bonds. The number of nitrogens with zero attached hydrogens (tertiary/aromatic N) is 1. The smallest absolute Gasteiger partial charge is 0.0701 e. The van der Waals surface area contributed by atoms with Gasteiger partial charge in [0.1, 0.15) is 0 Å². The first-order valence-electron chi connectivity index (χ1n) is 7.24. The zero-order chi connectivity index (χ0) is 12.1. The molecular formula is C14H28N2O. The summed E-state index contributed by atoms with van der Waals surface area (Å²) in [5.74, 6) is 0. The quantitative estimate of drug-likeness (QED) is 0.772. The Bertz CT molecular complexity index is 217. The number of hydrogen-bond donors (Lipinski definition) is 1. The molecule has 0 radical (unpaired) electrons. The largest absolute Gasteiger partial charge is 0.377 e. The highest BCUT2D eigenvalue weighted by Crippen LogP contribution is 2.42. The molecule has 2 N–H and O–H groups in total. The Morgan fingerprint density at radius 1 is 1.29 bits per heavy atom. The first kappa shape index (κ1) is 13.3. The maximum Gasteiger partial charge on any atom is 0.0701 e. The number of nitrogens with two attached hydrogens (primary N) is 1. The third kappa shape index (κ3) is 3.67. The van der Waals surface area contributed by atoms with E-state index in [9.17, 15) is 0 Å². The van der Waals surface area contributed by atoms with Crippen LogP contribution in [0.1, 0.15) is 44.9 Å². The maximum atomic E-state index is 5.90. The highest BCUT2D eigenvalue weighted by Gasteiger charge is 2.35. The van der Waals surface area contributed by atoms with Crippen molar-refractivity contribution in [2.45, 2.75) is 51.0 Å². The monoisotopic (exact) mass is 240 g/mol. The lowest BCUT2D eigenvalue weighted by Crippen LogP contribution is -2.41. The summed E-state index contributed by atoms with van der Waals surface area (Å²) in [6.07, 6.45) is 9.64. The lowest BCUT2D eigenvalue weighted by Gasteiger charge is -2.42. The van der Waals surface area contributed by atoms with E-state index >= 15 is 0 Å². The summed E-state index contributed by atoms with van der Waals surface area (Å²) in [6, 6.07) is 0.